The van der Waals surface area contributed by atoms with Gasteiger partial charge in [-0.3, -0.25) is 0 Å². The Labute approximate surface area is 164 Å². The first kappa shape index (κ1) is 19.5. The number of hydrogen-bond donors (Lipinski definition) is 1. The first-order valence-electron chi connectivity index (χ1n) is 9.13. The summed E-state index contributed by atoms with van der Waals surface area (Å²) in [6.07, 6.45) is 0.926. The maximum absolute atomic E-state index is 9.29. The van der Waals surface area contributed by atoms with Gasteiger partial charge in [-0.1, -0.05) is 12.1 Å². The molecule has 3 aromatic rings. The number of oxazole rings is 1. The zero-order valence-electron chi connectivity index (χ0n) is 16.4. The smallest absolute Gasteiger partial charge is 0.266 e. The van der Waals surface area contributed by atoms with E-state index in [-0.39, 0.29) is 11.6 Å². The van der Waals surface area contributed by atoms with E-state index in [1.165, 1.54) is 0 Å². The van der Waals surface area contributed by atoms with Crippen LogP contribution in [0, 0.1) is 18.3 Å². The summed E-state index contributed by atoms with van der Waals surface area (Å²) in [6.45, 7) is 3.94. The molecular formula is C21H24N4O3. The molecule has 28 heavy (non-hydrogen) atoms. The summed E-state index contributed by atoms with van der Waals surface area (Å²) in [6, 6.07) is 13.4. The third kappa shape index (κ3) is 5.15. The lowest BCUT2D eigenvalue weighted by atomic mass is 10.2. The van der Waals surface area contributed by atoms with E-state index in [4.69, 9.17) is 13.6 Å². The van der Waals surface area contributed by atoms with E-state index in [1.807, 2.05) is 51.4 Å². The van der Waals surface area contributed by atoms with Crippen molar-refractivity contribution in [3.63, 3.8) is 0 Å². The number of anilines is 1. The average molecular weight is 380 g/mol. The highest BCUT2D eigenvalue weighted by Gasteiger charge is 2.17. The van der Waals surface area contributed by atoms with Gasteiger partial charge in [-0.2, -0.15) is 10.2 Å². The van der Waals surface area contributed by atoms with Gasteiger partial charge < -0.3 is 23.8 Å². The number of nitriles is 1. The Morgan fingerprint density at radius 1 is 1.21 bits per heavy atom. The van der Waals surface area contributed by atoms with Crippen molar-refractivity contribution in [2.45, 2.75) is 20.0 Å². The molecule has 0 saturated heterocycles. The molecule has 0 saturated carbocycles. The molecule has 146 valence electrons. The molecule has 2 aromatic heterocycles. The topological polar surface area (TPSA) is 87.5 Å². The van der Waals surface area contributed by atoms with Gasteiger partial charge in [0, 0.05) is 6.54 Å². The minimum Gasteiger partial charge on any atom is -0.486 e. The van der Waals surface area contributed by atoms with Crippen molar-refractivity contribution >= 4 is 5.88 Å². The van der Waals surface area contributed by atoms with Crippen molar-refractivity contribution in [1.82, 2.24) is 9.88 Å². The van der Waals surface area contributed by atoms with Crippen LogP contribution in [0.1, 0.15) is 23.4 Å². The van der Waals surface area contributed by atoms with Gasteiger partial charge in [0.25, 0.3) is 5.89 Å². The van der Waals surface area contributed by atoms with E-state index < -0.39 is 0 Å². The lowest BCUT2D eigenvalue weighted by Gasteiger charge is -2.08. The van der Waals surface area contributed by atoms with Gasteiger partial charge in [-0.25, -0.2) is 0 Å². The van der Waals surface area contributed by atoms with Gasteiger partial charge in [0.2, 0.25) is 11.6 Å². The van der Waals surface area contributed by atoms with E-state index >= 15 is 0 Å². The molecule has 0 radical (unpaired) electrons. The normalized spacial score (nSPS) is 10.8. The molecule has 0 spiro atoms. The first-order chi connectivity index (χ1) is 13.5. The van der Waals surface area contributed by atoms with E-state index in [2.05, 4.69) is 21.3 Å². The van der Waals surface area contributed by atoms with Crippen molar-refractivity contribution in [3.8, 4) is 23.5 Å². The lowest BCUT2D eigenvalue weighted by molar-refractivity contribution is 0.271. The summed E-state index contributed by atoms with van der Waals surface area (Å²) in [5.74, 6) is 2.53. The highest BCUT2D eigenvalue weighted by atomic mass is 16.5. The van der Waals surface area contributed by atoms with Crippen LogP contribution in [0.3, 0.4) is 0 Å². The maximum Gasteiger partial charge on any atom is 0.266 e. The van der Waals surface area contributed by atoms with E-state index in [1.54, 1.807) is 6.07 Å². The molecule has 0 aliphatic heterocycles. The number of nitrogens with one attached hydrogen (secondary N) is 1. The molecular weight excluding hydrogens is 356 g/mol. The molecule has 3 rings (SSSR count). The van der Waals surface area contributed by atoms with Crippen molar-refractivity contribution in [3.05, 3.63) is 53.4 Å². The van der Waals surface area contributed by atoms with Gasteiger partial charge in [-0.05, 0) is 63.8 Å². The van der Waals surface area contributed by atoms with Gasteiger partial charge in [0.15, 0.2) is 5.76 Å². The number of benzene rings is 1. The van der Waals surface area contributed by atoms with Gasteiger partial charge >= 0.3 is 0 Å². The largest absolute Gasteiger partial charge is 0.486 e. The van der Waals surface area contributed by atoms with Crippen LogP contribution in [-0.4, -0.2) is 37.1 Å². The van der Waals surface area contributed by atoms with Crippen molar-refractivity contribution < 1.29 is 13.6 Å². The zero-order chi connectivity index (χ0) is 19.9. The summed E-state index contributed by atoms with van der Waals surface area (Å²) in [5, 5.41) is 12.4. The predicted molar refractivity (Wildman–Crippen MR) is 106 cm³/mol. The molecule has 0 unspecified atom stereocenters. The Balaban J connectivity index is 1.63. The van der Waals surface area contributed by atoms with Gasteiger partial charge in [-0.15, -0.1) is 0 Å². The summed E-state index contributed by atoms with van der Waals surface area (Å²) < 4.78 is 17.2. The molecule has 0 amide bonds. The second kappa shape index (κ2) is 9.11. The Hall–Kier alpha value is -3.24. The Bertz CT molecular complexity index is 953. The maximum atomic E-state index is 9.29. The molecule has 0 fully saturated rings. The van der Waals surface area contributed by atoms with Crippen LogP contribution in [0.4, 0.5) is 5.88 Å². The quantitative estimate of drug-likeness (QED) is 0.560. The third-order valence-corrected chi connectivity index (χ3v) is 4.04. The molecule has 0 aliphatic carbocycles. The number of aromatic nitrogens is 1. The van der Waals surface area contributed by atoms with Crippen LogP contribution in [-0.2, 0) is 6.61 Å². The molecule has 1 aromatic carbocycles. The minimum atomic E-state index is 0.216. The molecule has 2 heterocycles. The monoisotopic (exact) mass is 380 g/mol. The molecule has 1 N–H and O–H groups in total. The fourth-order valence-corrected chi connectivity index (χ4v) is 2.65. The van der Waals surface area contributed by atoms with Crippen LogP contribution >= 0.6 is 0 Å². The number of nitrogens with zero attached hydrogens (tertiary/aromatic N) is 3. The molecule has 0 atom stereocenters. The molecule has 0 bridgehead atoms. The number of ether oxygens (including phenoxy) is 1. The van der Waals surface area contributed by atoms with Crippen LogP contribution in [0.25, 0.3) is 11.7 Å². The lowest BCUT2D eigenvalue weighted by Crippen LogP contribution is -2.16. The summed E-state index contributed by atoms with van der Waals surface area (Å²) in [7, 11) is 4.04. The van der Waals surface area contributed by atoms with E-state index in [0.717, 1.165) is 24.3 Å². The number of rotatable bonds is 9. The fraction of sp³-hybridized carbons (Fsp3) is 0.333. The fourth-order valence-electron chi connectivity index (χ4n) is 2.65. The summed E-state index contributed by atoms with van der Waals surface area (Å²) >= 11 is 0. The average Bonchev–Trinajstić information content (AvgIpc) is 3.30. The molecule has 7 heteroatoms. The standard InChI is InChI=1S/C21H24N4O3/c1-15-6-4-7-16(12-15)26-14-17-8-9-19(27-17)21-24-18(13-22)20(28-21)23-10-5-11-25(2)3/h4,6-9,12,23H,5,10-11,14H2,1-3H3. The van der Waals surface area contributed by atoms with Gasteiger partial charge in [0.1, 0.15) is 24.2 Å². The van der Waals surface area contributed by atoms with E-state index in [0.29, 0.717) is 30.6 Å². The Morgan fingerprint density at radius 2 is 2.07 bits per heavy atom. The van der Waals surface area contributed by atoms with Crippen LogP contribution in [0.2, 0.25) is 0 Å². The highest BCUT2D eigenvalue weighted by Crippen LogP contribution is 2.27. The zero-order valence-corrected chi connectivity index (χ0v) is 16.4. The first-order valence-corrected chi connectivity index (χ1v) is 9.13. The van der Waals surface area contributed by atoms with Crippen molar-refractivity contribution in [2.24, 2.45) is 0 Å². The van der Waals surface area contributed by atoms with Crippen LogP contribution < -0.4 is 10.1 Å². The molecule has 7 nitrogen and oxygen atoms in total. The second-order valence-corrected chi connectivity index (χ2v) is 6.76. The molecule has 0 aliphatic rings. The SMILES string of the molecule is Cc1cccc(OCc2ccc(-c3nc(C#N)c(NCCCN(C)C)o3)o2)c1. The summed E-state index contributed by atoms with van der Waals surface area (Å²) in [5.41, 5.74) is 1.35. The summed E-state index contributed by atoms with van der Waals surface area (Å²) in [4.78, 5) is 6.32. The van der Waals surface area contributed by atoms with Crippen molar-refractivity contribution in [1.29, 1.82) is 5.26 Å². The van der Waals surface area contributed by atoms with Gasteiger partial charge in [0.05, 0.1) is 0 Å². The Morgan fingerprint density at radius 3 is 2.82 bits per heavy atom. The number of furan rings is 1. The second-order valence-electron chi connectivity index (χ2n) is 6.76. The van der Waals surface area contributed by atoms with Crippen LogP contribution in [0.15, 0.2) is 45.2 Å². The van der Waals surface area contributed by atoms with Crippen LogP contribution in [0.5, 0.6) is 5.75 Å². The number of hydrogen-bond acceptors (Lipinski definition) is 7. The van der Waals surface area contributed by atoms with Crippen molar-refractivity contribution in [2.75, 3.05) is 32.5 Å². The van der Waals surface area contributed by atoms with E-state index in [9.17, 15) is 5.26 Å². The Kier molecular flexibility index (Phi) is 6.35. The highest BCUT2D eigenvalue weighted by molar-refractivity contribution is 5.54. The number of aryl methyl sites for hydroxylation is 1. The minimum absolute atomic E-state index is 0.216. The predicted octanol–water partition coefficient (Wildman–Crippen LogP) is 4.06. The third-order valence-electron chi connectivity index (χ3n) is 4.04.